The van der Waals surface area contributed by atoms with E-state index in [0.717, 1.165) is 6.42 Å². The van der Waals surface area contributed by atoms with E-state index in [1.54, 1.807) is 0 Å². The van der Waals surface area contributed by atoms with E-state index in [1.165, 1.54) is 0 Å². The van der Waals surface area contributed by atoms with Crippen LogP contribution in [0.15, 0.2) is 5.11 Å². The van der Waals surface area contributed by atoms with Crippen molar-refractivity contribution in [1.29, 1.82) is 0 Å². The summed E-state index contributed by atoms with van der Waals surface area (Å²) in [7, 11) is 0. The van der Waals surface area contributed by atoms with E-state index >= 15 is 0 Å². The molecular formula is C10H17N3O3. The van der Waals surface area contributed by atoms with Gasteiger partial charge in [-0.05, 0) is 25.3 Å². The fourth-order valence-electron chi connectivity index (χ4n) is 2.18. The van der Waals surface area contributed by atoms with E-state index < -0.39 is 5.79 Å². The van der Waals surface area contributed by atoms with Crippen molar-refractivity contribution in [3.8, 4) is 0 Å². The summed E-state index contributed by atoms with van der Waals surface area (Å²) in [5.74, 6) is -0.356. The lowest BCUT2D eigenvalue weighted by Crippen LogP contribution is -2.27. The zero-order valence-electron chi connectivity index (χ0n) is 9.79. The van der Waals surface area contributed by atoms with Gasteiger partial charge in [-0.15, -0.1) is 0 Å². The predicted molar refractivity (Wildman–Crippen MR) is 56.5 cm³/mol. The Hall–Kier alpha value is -0.810. The summed E-state index contributed by atoms with van der Waals surface area (Å²) in [6, 6.07) is 0. The van der Waals surface area contributed by atoms with Gasteiger partial charge in [0.1, 0.15) is 6.10 Å². The van der Waals surface area contributed by atoms with Crippen LogP contribution in [-0.2, 0) is 14.2 Å². The molecule has 0 bridgehead atoms. The van der Waals surface area contributed by atoms with Crippen molar-refractivity contribution >= 4 is 0 Å². The third-order valence-electron chi connectivity index (χ3n) is 2.98. The standard InChI is InChI=1S/C10H17N3O3/c1-6(5-12-13-11)7-4-8-9(14-7)16-10(2,3)15-8/h6-9H,4-5H2,1-3H3/t6-,7-,8+,9+/m0/s1. The molecule has 2 heterocycles. The Morgan fingerprint density at radius 1 is 1.50 bits per heavy atom. The van der Waals surface area contributed by atoms with Crippen molar-refractivity contribution in [2.24, 2.45) is 11.0 Å². The van der Waals surface area contributed by atoms with E-state index in [0.29, 0.717) is 6.54 Å². The Labute approximate surface area is 94.5 Å². The minimum Gasteiger partial charge on any atom is -0.346 e. The van der Waals surface area contributed by atoms with Crippen LogP contribution in [0.5, 0.6) is 0 Å². The quantitative estimate of drug-likeness (QED) is 0.421. The van der Waals surface area contributed by atoms with Crippen molar-refractivity contribution < 1.29 is 14.2 Å². The van der Waals surface area contributed by atoms with Gasteiger partial charge in [-0.1, -0.05) is 12.0 Å². The summed E-state index contributed by atoms with van der Waals surface area (Å²) in [6.07, 6.45) is 0.592. The first-order chi connectivity index (χ1) is 7.52. The van der Waals surface area contributed by atoms with Crippen LogP contribution in [0.4, 0.5) is 0 Å². The van der Waals surface area contributed by atoms with Crippen LogP contribution in [0.25, 0.3) is 10.4 Å². The summed E-state index contributed by atoms with van der Waals surface area (Å²) < 4.78 is 17.1. The molecule has 6 nitrogen and oxygen atoms in total. The molecule has 2 saturated heterocycles. The average molecular weight is 227 g/mol. The number of hydrogen-bond acceptors (Lipinski definition) is 4. The third-order valence-corrected chi connectivity index (χ3v) is 2.98. The molecule has 0 spiro atoms. The average Bonchev–Trinajstić information content (AvgIpc) is 2.67. The Morgan fingerprint density at radius 3 is 2.88 bits per heavy atom. The molecule has 2 fully saturated rings. The van der Waals surface area contributed by atoms with Gasteiger partial charge < -0.3 is 14.2 Å². The predicted octanol–water partition coefficient (Wildman–Crippen LogP) is 2.20. The molecule has 0 aliphatic carbocycles. The molecule has 0 radical (unpaired) electrons. The lowest BCUT2D eigenvalue weighted by molar-refractivity contribution is -0.208. The highest BCUT2D eigenvalue weighted by molar-refractivity contribution is 4.87. The van der Waals surface area contributed by atoms with Gasteiger partial charge in [0.25, 0.3) is 0 Å². The van der Waals surface area contributed by atoms with Crippen molar-refractivity contribution in [2.75, 3.05) is 6.54 Å². The van der Waals surface area contributed by atoms with Gasteiger partial charge in [0.2, 0.25) is 0 Å². The summed E-state index contributed by atoms with van der Waals surface area (Å²) in [5.41, 5.74) is 8.26. The van der Waals surface area contributed by atoms with Gasteiger partial charge in [0.15, 0.2) is 12.1 Å². The maximum absolute atomic E-state index is 8.26. The second-order valence-electron chi connectivity index (χ2n) is 4.84. The number of fused-ring (bicyclic) bond motifs is 1. The first kappa shape index (κ1) is 11.7. The highest BCUT2D eigenvalue weighted by atomic mass is 16.8. The van der Waals surface area contributed by atoms with Crippen molar-refractivity contribution in [2.45, 2.75) is 51.5 Å². The maximum Gasteiger partial charge on any atom is 0.187 e. The van der Waals surface area contributed by atoms with Crippen LogP contribution in [0.1, 0.15) is 27.2 Å². The third kappa shape index (κ3) is 2.30. The lowest BCUT2D eigenvalue weighted by atomic mass is 10.0. The molecule has 6 heteroatoms. The normalized spacial score (nSPS) is 37.8. The Kier molecular flexibility index (Phi) is 3.08. The lowest BCUT2D eigenvalue weighted by Gasteiger charge is -2.22. The van der Waals surface area contributed by atoms with Gasteiger partial charge in [-0.3, -0.25) is 0 Å². The minimum absolute atomic E-state index is 0.00788. The second-order valence-corrected chi connectivity index (χ2v) is 4.84. The smallest absolute Gasteiger partial charge is 0.187 e. The largest absolute Gasteiger partial charge is 0.346 e. The highest BCUT2D eigenvalue weighted by Gasteiger charge is 2.49. The van der Waals surface area contributed by atoms with Crippen LogP contribution in [0.3, 0.4) is 0 Å². The molecule has 0 N–H and O–H groups in total. The molecule has 2 aliphatic heterocycles. The van der Waals surface area contributed by atoms with Gasteiger partial charge >= 0.3 is 0 Å². The molecular weight excluding hydrogens is 210 g/mol. The van der Waals surface area contributed by atoms with Crippen LogP contribution >= 0.6 is 0 Å². The fourth-order valence-corrected chi connectivity index (χ4v) is 2.18. The van der Waals surface area contributed by atoms with E-state index in [2.05, 4.69) is 10.0 Å². The molecule has 90 valence electrons. The molecule has 0 aromatic rings. The fraction of sp³-hybridized carbons (Fsp3) is 1.00. The number of hydrogen-bond donors (Lipinski definition) is 0. The molecule has 0 aromatic heterocycles. The van der Waals surface area contributed by atoms with Gasteiger partial charge in [-0.25, -0.2) is 0 Å². The van der Waals surface area contributed by atoms with E-state index in [4.69, 9.17) is 19.7 Å². The molecule has 4 atom stereocenters. The molecule has 2 rings (SSSR count). The Balaban J connectivity index is 1.89. The van der Waals surface area contributed by atoms with Crippen LogP contribution in [-0.4, -0.2) is 30.8 Å². The van der Waals surface area contributed by atoms with Gasteiger partial charge in [-0.2, -0.15) is 0 Å². The second kappa shape index (κ2) is 4.22. The van der Waals surface area contributed by atoms with Crippen molar-refractivity contribution in [3.05, 3.63) is 10.4 Å². The van der Waals surface area contributed by atoms with Crippen molar-refractivity contribution in [1.82, 2.24) is 0 Å². The molecule has 2 aliphatic rings. The maximum atomic E-state index is 8.26. The van der Waals surface area contributed by atoms with Crippen LogP contribution < -0.4 is 0 Å². The minimum atomic E-state index is -0.547. The zero-order chi connectivity index (χ0) is 11.8. The zero-order valence-corrected chi connectivity index (χ0v) is 9.79. The molecule has 0 aromatic carbocycles. The first-order valence-corrected chi connectivity index (χ1v) is 5.54. The summed E-state index contributed by atoms with van der Waals surface area (Å²) in [6.45, 7) is 6.22. The Morgan fingerprint density at radius 2 is 2.25 bits per heavy atom. The number of nitrogens with zero attached hydrogens (tertiary/aromatic N) is 3. The van der Waals surface area contributed by atoms with Gasteiger partial charge in [0, 0.05) is 17.9 Å². The number of azide groups is 1. The summed E-state index contributed by atoms with van der Waals surface area (Å²) in [5, 5.41) is 3.56. The highest BCUT2D eigenvalue weighted by Crippen LogP contribution is 2.38. The molecule has 0 saturated carbocycles. The summed E-state index contributed by atoms with van der Waals surface area (Å²) in [4.78, 5) is 2.75. The van der Waals surface area contributed by atoms with Gasteiger partial charge in [0.05, 0.1) is 6.10 Å². The molecule has 0 amide bonds. The van der Waals surface area contributed by atoms with Crippen LogP contribution in [0, 0.1) is 5.92 Å². The number of rotatable bonds is 3. The monoisotopic (exact) mass is 227 g/mol. The van der Waals surface area contributed by atoms with Crippen LogP contribution in [0.2, 0.25) is 0 Å². The van der Waals surface area contributed by atoms with Crippen molar-refractivity contribution in [3.63, 3.8) is 0 Å². The Bertz CT molecular complexity index is 298. The SMILES string of the molecule is C[C@@H](CN=[N+]=[N-])[C@@H]1C[C@H]2OC(C)(C)O[C@H]2O1. The van der Waals surface area contributed by atoms with E-state index in [-0.39, 0.29) is 24.4 Å². The first-order valence-electron chi connectivity index (χ1n) is 5.54. The van der Waals surface area contributed by atoms with E-state index in [9.17, 15) is 0 Å². The topological polar surface area (TPSA) is 76.5 Å². The molecule has 0 unspecified atom stereocenters. The number of ether oxygens (including phenoxy) is 3. The summed E-state index contributed by atoms with van der Waals surface area (Å²) >= 11 is 0. The molecule has 16 heavy (non-hydrogen) atoms. The van der Waals surface area contributed by atoms with E-state index in [1.807, 2.05) is 20.8 Å².